The maximum absolute atomic E-state index is 13.5. The van der Waals surface area contributed by atoms with Crippen molar-refractivity contribution < 1.29 is 9.18 Å². The summed E-state index contributed by atoms with van der Waals surface area (Å²) in [6, 6.07) is 8.67. The number of carbonyl (C=O) groups excluding carboxylic acids is 1. The van der Waals surface area contributed by atoms with Gasteiger partial charge in [-0.15, -0.1) is 0 Å². The Morgan fingerprint density at radius 2 is 2.00 bits per heavy atom. The number of nitrogens with one attached hydrogen (secondary N) is 1. The van der Waals surface area contributed by atoms with E-state index in [1.165, 1.54) is 24.3 Å². The Balaban J connectivity index is 2.25. The van der Waals surface area contributed by atoms with Crippen LogP contribution in [0, 0.1) is 5.82 Å². The number of nitrogen functional groups attached to an aromatic ring is 1. The molecule has 0 aliphatic carbocycles. The van der Waals surface area contributed by atoms with Crippen molar-refractivity contribution in [3.8, 4) is 0 Å². The molecule has 2 aromatic carbocycles. The topological polar surface area (TPSA) is 55.1 Å². The van der Waals surface area contributed by atoms with Gasteiger partial charge in [0.05, 0.1) is 5.69 Å². The summed E-state index contributed by atoms with van der Waals surface area (Å²) < 4.78 is 14.2. The maximum Gasteiger partial charge on any atom is 0.255 e. The summed E-state index contributed by atoms with van der Waals surface area (Å²) >= 11 is 8.98. The van der Waals surface area contributed by atoms with Crippen molar-refractivity contribution in [3.63, 3.8) is 0 Å². The van der Waals surface area contributed by atoms with E-state index in [4.69, 9.17) is 17.3 Å². The minimum absolute atomic E-state index is 0.0268. The van der Waals surface area contributed by atoms with Gasteiger partial charge in [0, 0.05) is 20.7 Å². The largest absolute Gasteiger partial charge is 0.398 e. The highest BCUT2D eigenvalue weighted by Crippen LogP contribution is 2.23. The van der Waals surface area contributed by atoms with Crippen molar-refractivity contribution in [2.75, 3.05) is 11.1 Å². The van der Waals surface area contributed by atoms with Crippen molar-refractivity contribution in [2.45, 2.75) is 0 Å². The first-order valence-corrected chi connectivity index (χ1v) is 6.46. The molecule has 98 valence electrons. The van der Waals surface area contributed by atoms with Gasteiger partial charge in [0.2, 0.25) is 0 Å². The van der Waals surface area contributed by atoms with Crippen LogP contribution >= 0.6 is 27.5 Å². The molecular weight excluding hydrogens is 335 g/mol. The standard InChI is InChI=1S/C13H9BrClFN2O/c14-9-3-1-7(5-11(9)17)13(19)18-12-6-8(15)2-4-10(12)16/h1-6H,17H2,(H,18,19). The molecule has 3 nitrogen and oxygen atoms in total. The normalized spacial score (nSPS) is 10.3. The van der Waals surface area contributed by atoms with Crippen LogP contribution in [0.25, 0.3) is 0 Å². The van der Waals surface area contributed by atoms with E-state index in [1.807, 2.05) is 0 Å². The molecule has 0 saturated heterocycles. The van der Waals surface area contributed by atoms with Crippen molar-refractivity contribution in [1.29, 1.82) is 0 Å². The van der Waals surface area contributed by atoms with E-state index < -0.39 is 11.7 Å². The third-order valence-corrected chi connectivity index (χ3v) is 3.39. The maximum atomic E-state index is 13.5. The van der Waals surface area contributed by atoms with Gasteiger partial charge in [-0.05, 0) is 52.3 Å². The quantitative estimate of drug-likeness (QED) is 0.807. The highest BCUT2D eigenvalue weighted by molar-refractivity contribution is 9.10. The van der Waals surface area contributed by atoms with Crippen LogP contribution in [0.3, 0.4) is 0 Å². The summed E-state index contributed by atoms with van der Waals surface area (Å²) in [5.74, 6) is -1.01. The fourth-order valence-corrected chi connectivity index (χ4v) is 1.89. The summed E-state index contributed by atoms with van der Waals surface area (Å²) in [7, 11) is 0. The van der Waals surface area contributed by atoms with Crippen molar-refractivity contribution in [3.05, 3.63) is 57.3 Å². The van der Waals surface area contributed by atoms with Gasteiger partial charge >= 0.3 is 0 Å². The predicted octanol–water partition coefficient (Wildman–Crippen LogP) is 4.08. The zero-order valence-corrected chi connectivity index (χ0v) is 11.9. The van der Waals surface area contributed by atoms with E-state index in [0.29, 0.717) is 20.7 Å². The molecule has 0 fully saturated rings. The zero-order chi connectivity index (χ0) is 14.0. The molecule has 19 heavy (non-hydrogen) atoms. The van der Waals surface area contributed by atoms with Crippen LogP contribution in [-0.2, 0) is 0 Å². The smallest absolute Gasteiger partial charge is 0.255 e. The highest BCUT2D eigenvalue weighted by atomic mass is 79.9. The van der Waals surface area contributed by atoms with E-state index in [1.54, 1.807) is 12.1 Å². The van der Waals surface area contributed by atoms with E-state index >= 15 is 0 Å². The lowest BCUT2D eigenvalue weighted by Crippen LogP contribution is -2.13. The lowest BCUT2D eigenvalue weighted by atomic mass is 10.2. The van der Waals surface area contributed by atoms with Crippen LogP contribution in [0.4, 0.5) is 15.8 Å². The average Bonchev–Trinajstić information content (AvgIpc) is 2.37. The molecule has 0 bridgehead atoms. The number of benzene rings is 2. The van der Waals surface area contributed by atoms with E-state index in [-0.39, 0.29) is 5.69 Å². The van der Waals surface area contributed by atoms with Crippen LogP contribution in [0.1, 0.15) is 10.4 Å². The van der Waals surface area contributed by atoms with E-state index in [2.05, 4.69) is 21.2 Å². The zero-order valence-electron chi connectivity index (χ0n) is 9.58. The number of rotatable bonds is 2. The second kappa shape index (κ2) is 5.59. The Kier molecular flexibility index (Phi) is 4.07. The van der Waals surface area contributed by atoms with Gasteiger partial charge < -0.3 is 11.1 Å². The van der Waals surface area contributed by atoms with Gasteiger partial charge in [-0.25, -0.2) is 4.39 Å². The van der Waals surface area contributed by atoms with Crippen molar-refractivity contribution >= 4 is 44.8 Å². The third-order valence-electron chi connectivity index (χ3n) is 2.43. The number of anilines is 2. The Hall–Kier alpha value is -1.59. The number of amides is 1. The molecule has 2 aromatic rings. The average molecular weight is 344 g/mol. The molecule has 0 saturated carbocycles. The summed E-state index contributed by atoms with van der Waals surface area (Å²) in [5.41, 5.74) is 6.47. The molecule has 0 heterocycles. The first-order valence-electron chi connectivity index (χ1n) is 5.29. The molecule has 3 N–H and O–H groups in total. The van der Waals surface area contributed by atoms with E-state index in [0.717, 1.165) is 0 Å². The number of hydrogen-bond donors (Lipinski definition) is 2. The summed E-state index contributed by atoms with van der Waals surface area (Å²) in [5, 5.41) is 2.78. The summed E-state index contributed by atoms with van der Waals surface area (Å²) in [4.78, 5) is 11.9. The van der Waals surface area contributed by atoms with Crippen molar-refractivity contribution in [1.82, 2.24) is 0 Å². The molecule has 1 amide bonds. The molecule has 0 spiro atoms. The second-order valence-corrected chi connectivity index (χ2v) is 5.11. The fourth-order valence-electron chi connectivity index (χ4n) is 1.47. The van der Waals surface area contributed by atoms with Gasteiger partial charge in [-0.2, -0.15) is 0 Å². The predicted molar refractivity (Wildman–Crippen MR) is 77.9 cm³/mol. The summed E-state index contributed by atoms with van der Waals surface area (Å²) in [6.45, 7) is 0. The van der Waals surface area contributed by atoms with Gasteiger partial charge in [0.1, 0.15) is 5.82 Å². The van der Waals surface area contributed by atoms with Crippen LogP contribution in [0.2, 0.25) is 5.02 Å². The minimum Gasteiger partial charge on any atom is -0.398 e. The molecule has 0 aliphatic rings. The van der Waals surface area contributed by atoms with Gasteiger partial charge in [0.25, 0.3) is 5.91 Å². The van der Waals surface area contributed by atoms with Gasteiger partial charge in [-0.3, -0.25) is 4.79 Å². The highest BCUT2D eigenvalue weighted by Gasteiger charge is 2.11. The van der Waals surface area contributed by atoms with Crippen LogP contribution < -0.4 is 11.1 Å². The Morgan fingerprint density at radius 1 is 1.26 bits per heavy atom. The van der Waals surface area contributed by atoms with Crippen molar-refractivity contribution in [2.24, 2.45) is 0 Å². The molecule has 0 unspecified atom stereocenters. The molecule has 0 aromatic heterocycles. The molecule has 0 radical (unpaired) electrons. The Bertz CT molecular complexity index is 649. The number of halogens is 3. The van der Waals surface area contributed by atoms with Crippen LogP contribution in [0.5, 0.6) is 0 Å². The Morgan fingerprint density at radius 3 is 2.68 bits per heavy atom. The third kappa shape index (κ3) is 3.24. The van der Waals surface area contributed by atoms with Crippen LogP contribution in [-0.4, -0.2) is 5.91 Å². The van der Waals surface area contributed by atoms with E-state index in [9.17, 15) is 9.18 Å². The lowest BCUT2D eigenvalue weighted by molar-refractivity contribution is 0.102. The Labute approximate surface area is 122 Å². The number of nitrogens with two attached hydrogens (primary N) is 1. The number of carbonyl (C=O) groups is 1. The first kappa shape index (κ1) is 13.8. The molecule has 0 atom stereocenters. The van der Waals surface area contributed by atoms with Gasteiger partial charge in [-0.1, -0.05) is 11.6 Å². The second-order valence-electron chi connectivity index (χ2n) is 3.81. The van der Waals surface area contributed by atoms with Gasteiger partial charge in [0.15, 0.2) is 0 Å². The molecule has 6 heteroatoms. The minimum atomic E-state index is -0.553. The summed E-state index contributed by atoms with van der Waals surface area (Å²) in [6.07, 6.45) is 0. The number of hydrogen-bond acceptors (Lipinski definition) is 2. The monoisotopic (exact) mass is 342 g/mol. The fraction of sp³-hybridized carbons (Fsp3) is 0. The lowest BCUT2D eigenvalue weighted by Gasteiger charge is -2.08. The SMILES string of the molecule is Nc1cc(C(=O)Nc2cc(Cl)ccc2F)ccc1Br. The molecular formula is C13H9BrClFN2O. The first-order chi connectivity index (χ1) is 8.97. The molecule has 2 rings (SSSR count). The van der Waals surface area contributed by atoms with Crippen LogP contribution in [0.15, 0.2) is 40.9 Å². The molecule has 0 aliphatic heterocycles.